The van der Waals surface area contributed by atoms with Crippen molar-refractivity contribution in [1.29, 1.82) is 5.26 Å². The molecular weight excluding hydrogens is 202 g/mol. The number of rotatable bonds is 3. The molecule has 1 atom stereocenters. The van der Waals surface area contributed by atoms with Crippen LogP contribution in [0, 0.1) is 11.3 Å². The second-order valence-electron chi connectivity index (χ2n) is 2.33. The number of thiophene rings is 1. The van der Waals surface area contributed by atoms with E-state index in [4.69, 9.17) is 10.00 Å². The average molecular weight is 211 g/mol. The third-order valence-electron chi connectivity index (χ3n) is 1.40. The second kappa shape index (κ2) is 5.25. The Hall–Kier alpha value is -1.54. The summed E-state index contributed by atoms with van der Waals surface area (Å²) in [5.74, 6) is 0. The molecule has 0 saturated carbocycles. The monoisotopic (exact) mass is 211 g/mol. The van der Waals surface area contributed by atoms with Crippen LogP contribution in [0.15, 0.2) is 17.5 Å². The van der Waals surface area contributed by atoms with E-state index in [0.29, 0.717) is 4.88 Å². The minimum atomic E-state index is -0.867. The molecule has 5 heteroatoms. The van der Waals surface area contributed by atoms with Crippen molar-refractivity contribution in [2.24, 2.45) is 0 Å². The quantitative estimate of drug-likeness (QED) is 0.720. The molecule has 14 heavy (non-hydrogen) atoms. The van der Waals surface area contributed by atoms with E-state index < -0.39 is 12.3 Å². The van der Waals surface area contributed by atoms with E-state index in [9.17, 15) is 4.79 Å². The number of hydrogen-bond donors (Lipinski definition) is 0. The minimum absolute atomic E-state index is 0.238. The summed E-state index contributed by atoms with van der Waals surface area (Å²) in [5.41, 5.74) is 0. The lowest BCUT2D eigenvalue weighted by Crippen LogP contribution is -2.10. The molecule has 0 amide bonds. The number of nitriles is 1. The lowest BCUT2D eigenvalue weighted by atomic mass is 10.3. The van der Waals surface area contributed by atoms with E-state index in [1.54, 1.807) is 19.1 Å². The molecule has 1 unspecified atom stereocenters. The molecule has 1 aromatic heterocycles. The standard InChI is InChI=1S/C9H9NO3S/c1-2-12-9(11)13-7(6-10)8-4-3-5-14-8/h3-5,7H,2H2,1H3. The summed E-state index contributed by atoms with van der Waals surface area (Å²) in [6.45, 7) is 1.91. The Bertz CT molecular complexity index is 328. The van der Waals surface area contributed by atoms with Crippen molar-refractivity contribution in [3.8, 4) is 6.07 Å². The van der Waals surface area contributed by atoms with Gasteiger partial charge in [0.2, 0.25) is 6.10 Å². The van der Waals surface area contributed by atoms with Gasteiger partial charge in [-0.1, -0.05) is 6.07 Å². The number of carbonyl (C=O) groups excluding carboxylic acids is 1. The smallest absolute Gasteiger partial charge is 0.435 e. The Morgan fingerprint density at radius 2 is 2.57 bits per heavy atom. The zero-order chi connectivity index (χ0) is 10.4. The molecule has 1 aromatic rings. The van der Waals surface area contributed by atoms with Crippen LogP contribution in [0.25, 0.3) is 0 Å². The summed E-state index contributed by atoms with van der Waals surface area (Å²) in [7, 11) is 0. The van der Waals surface area contributed by atoms with Crippen LogP contribution >= 0.6 is 11.3 Å². The summed E-state index contributed by atoms with van der Waals surface area (Å²) in [6.07, 6.45) is -1.68. The van der Waals surface area contributed by atoms with Crippen molar-refractivity contribution in [2.45, 2.75) is 13.0 Å². The second-order valence-corrected chi connectivity index (χ2v) is 3.30. The summed E-state index contributed by atoms with van der Waals surface area (Å²) >= 11 is 1.36. The van der Waals surface area contributed by atoms with Crippen molar-refractivity contribution in [2.75, 3.05) is 6.61 Å². The van der Waals surface area contributed by atoms with Gasteiger partial charge < -0.3 is 9.47 Å². The van der Waals surface area contributed by atoms with Gasteiger partial charge in [0.05, 0.1) is 11.5 Å². The fraction of sp³-hybridized carbons (Fsp3) is 0.333. The number of nitrogens with zero attached hydrogens (tertiary/aromatic N) is 1. The molecule has 4 nitrogen and oxygen atoms in total. The van der Waals surface area contributed by atoms with Crippen LogP contribution in [0.3, 0.4) is 0 Å². The van der Waals surface area contributed by atoms with Gasteiger partial charge in [-0.15, -0.1) is 11.3 Å². The van der Waals surface area contributed by atoms with Gasteiger partial charge in [-0.25, -0.2) is 4.79 Å². The van der Waals surface area contributed by atoms with Gasteiger partial charge in [-0.05, 0) is 18.4 Å². The summed E-state index contributed by atoms with van der Waals surface area (Å²) < 4.78 is 9.34. The van der Waals surface area contributed by atoms with E-state index in [0.717, 1.165) is 0 Å². The summed E-state index contributed by atoms with van der Waals surface area (Å²) in [6, 6.07) is 5.41. The first kappa shape index (κ1) is 10.5. The van der Waals surface area contributed by atoms with Crippen molar-refractivity contribution in [3.63, 3.8) is 0 Å². The maximum absolute atomic E-state index is 10.9. The van der Waals surface area contributed by atoms with E-state index in [1.807, 2.05) is 11.4 Å². The molecule has 0 aromatic carbocycles. The Labute approximate surface area is 85.7 Å². The maximum Gasteiger partial charge on any atom is 0.509 e. The highest BCUT2D eigenvalue weighted by Gasteiger charge is 2.17. The number of ether oxygens (including phenoxy) is 2. The van der Waals surface area contributed by atoms with Crippen LogP contribution in [0.5, 0.6) is 0 Å². The first-order valence-electron chi connectivity index (χ1n) is 4.04. The molecule has 0 saturated heterocycles. The summed E-state index contributed by atoms with van der Waals surface area (Å²) in [4.78, 5) is 11.6. The molecular formula is C9H9NO3S. The van der Waals surface area contributed by atoms with Gasteiger partial charge in [0.25, 0.3) is 0 Å². The van der Waals surface area contributed by atoms with Gasteiger partial charge in [-0.2, -0.15) is 5.26 Å². The van der Waals surface area contributed by atoms with Crippen LogP contribution in [0.2, 0.25) is 0 Å². The molecule has 0 N–H and O–H groups in total. The fourth-order valence-electron chi connectivity index (χ4n) is 0.837. The molecule has 1 heterocycles. The molecule has 0 aliphatic heterocycles. The van der Waals surface area contributed by atoms with Crippen LogP contribution in [-0.4, -0.2) is 12.8 Å². The summed E-state index contributed by atoms with van der Waals surface area (Å²) in [5, 5.41) is 10.6. The highest BCUT2D eigenvalue weighted by Crippen LogP contribution is 2.21. The molecule has 1 rings (SSSR count). The van der Waals surface area contributed by atoms with Crippen molar-refractivity contribution in [3.05, 3.63) is 22.4 Å². The fourth-order valence-corrected chi connectivity index (χ4v) is 1.53. The van der Waals surface area contributed by atoms with E-state index in [-0.39, 0.29) is 6.61 Å². The van der Waals surface area contributed by atoms with Crippen LogP contribution in [-0.2, 0) is 9.47 Å². The molecule has 0 radical (unpaired) electrons. The molecule has 0 aliphatic carbocycles. The van der Waals surface area contributed by atoms with E-state index in [2.05, 4.69) is 4.74 Å². The van der Waals surface area contributed by atoms with Gasteiger partial charge in [0.1, 0.15) is 6.07 Å². The third-order valence-corrected chi connectivity index (χ3v) is 2.31. The van der Waals surface area contributed by atoms with E-state index >= 15 is 0 Å². The number of carbonyl (C=O) groups is 1. The normalized spacial score (nSPS) is 11.4. The molecule has 0 bridgehead atoms. The predicted octanol–water partition coefficient (Wildman–Crippen LogP) is 2.49. The van der Waals surface area contributed by atoms with Crippen LogP contribution in [0.4, 0.5) is 4.79 Å². The van der Waals surface area contributed by atoms with Gasteiger partial charge in [0, 0.05) is 0 Å². The van der Waals surface area contributed by atoms with Crippen molar-refractivity contribution < 1.29 is 14.3 Å². The molecule has 74 valence electrons. The topological polar surface area (TPSA) is 59.3 Å². The van der Waals surface area contributed by atoms with Crippen molar-refractivity contribution >= 4 is 17.5 Å². The lowest BCUT2D eigenvalue weighted by molar-refractivity contribution is 0.0430. The van der Waals surface area contributed by atoms with Gasteiger partial charge in [0.15, 0.2) is 0 Å². The van der Waals surface area contributed by atoms with Gasteiger partial charge >= 0.3 is 6.16 Å². The largest absolute Gasteiger partial charge is 0.509 e. The predicted molar refractivity (Wildman–Crippen MR) is 50.8 cm³/mol. The average Bonchev–Trinajstić information content (AvgIpc) is 2.67. The molecule has 0 aliphatic rings. The molecule has 0 fully saturated rings. The van der Waals surface area contributed by atoms with Gasteiger partial charge in [-0.3, -0.25) is 0 Å². The zero-order valence-electron chi connectivity index (χ0n) is 7.60. The highest BCUT2D eigenvalue weighted by atomic mass is 32.1. The Balaban J connectivity index is 2.57. The van der Waals surface area contributed by atoms with Crippen LogP contribution in [0.1, 0.15) is 17.9 Å². The van der Waals surface area contributed by atoms with Crippen LogP contribution < -0.4 is 0 Å². The van der Waals surface area contributed by atoms with E-state index in [1.165, 1.54) is 11.3 Å². The SMILES string of the molecule is CCOC(=O)OC(C#N)c1cccs1. The zero-order valence-corrected chi connectivity index (χ0v) is 8.41. The number of hydrogen-bond acceptors (Lipinski definition) is 5. The lowest BCUT2D eigenvalue weighted by Gasteiger charge is -2.07. The first-order valence-corrected chi connectivity index (χ1v) is 4.92. The Morgan fingerprint density at radius 1 is 1.79 bits per heavy atom. The minimum Gasteiger partial charge on any atom is -0.435 e. The van der Waals surface area contributed by atoms with Crippen molar-refractivity contribution in [1.82, 2.24) is 0 Å². The third kappa shape index (κ3) is 2.75. The highest BCUT2D eigenvalue weighted by molar-refractivity contribution is 7.10. The Kier molecular flexibility index (Phi) is 3.95. The maximum atomic E-state index is 10.9. The Morgan fingerprint density at radius 3 is 3.07 bits per heavy atom. The first-order chi connectivity index (χ1) is 6.77. The molecule has 0 spiro atoms.